The molecule has 1 aliphatic heterocycles. The van der Waals surface area contributed by atoms with Gasteiger partial charge in [-0.2, -0.15) is 0 Å². The van der Waals surface area contributed by atoms with Crippen LogP contribution in [0, 0.1) is 5.41 Å². The highest BCUT2D eigenvalue weighted by atomic mass is 16.1. The number of amides is 1. The molecule has 0 radical (unpaired) electrons. The van der Waals surface area contributed by atoms with E-state index in [1.165, 1.54) is 25.7 Å². The summed E-state index contributed by atoms with van der Waals surface area (Å²) in [6.45, 7) is 4.38. The molecule has 1 unspecified atom stereocenters. The van der Waals surface area contributed by atoms with E-state index in [0.29, 0.717) is 17.9 Å². The highest BCUT2D eigenvalue weighted by Crippen LogP contribution is 2.42. The first-order valence-corrected chi connectivity index (χ1v) is 6.24. The largest absolute Gasteiger partial charge is 0.352 e. The number of carbonyl (C=O) groups excluding carboxylic acids is 1. The van der Waals surface area contributed by atoms with E-state index in [-0.39, 0.29) is 5.91 Å². The third-order valence-electron chi connectivity index (χ3n) is 4.14. The van der Waals surface area contributed by atoms with Crippen molar-refractivity contribution in [2.24, 2.45) is 5.41 Å². The average molecular weight is 210 g/mol. The van der Waals surface area contributed by atoms with Gasteiger partial charge in [0.2, 0.25) is 5.91 Å². The fraction of sp³-hybridized carbons (Fsp3) is 0.917. The number of nitrogens with one attached hydrogen (secondary N) is 2. The Morgan fingerprint density at radius 3 is 2.80 bits per heavy atom. The SMILES string of the molecule is CCC1(CNCC2CCC(=O)N2)CCC1. The second-order valence-corrected chi connectivity index (χ2v) is 5.14. The predicted molar refractivity (Wildman–Crippen MR) is 60.6 cm³/mol. The first-order valence-electron chi connectivity index (χ1n) is 6.24. The number of hydrogen-bond acceptors (Lipinski definition) is 2. The van der Waals surface area contributed by atoms with E-state index in [1.54, 1.807) is 0 Å². The molecule has 1 amide bonds. The molecule has 1 heterocycles. The highest BCUT2D eigenvalue weighted by molar-refractivity contribution is 5.78. The van der Waals surface area contributed by atoms with Crippen LogP contribution in [0.2, 0.25) is 0 Å². The molecule has 0 spiro atoms. The smallest absolute Gasteiger partial charge is 0.220 e. The standard InChI is InChI=1S/C12H22N2O/c1-2-12(6-3-7-12)9-13-8-10-4-5-11(15)14-10/h10,13H,2-9H2,1H3,(H,14,15). The van der Waals surface area contributed by atoms with E-state index in [2.05, 4.69) is 17.6 Å². The van der Waals surface area contributed by atoms with Crippen molar-refractivity contribution < 1.29 is 4.79 Å². The van der Waals surface area contributed by atoms with Crippen molar-refractivity contribution in [1.29, 1.82) is 0 Å². The van der Waals surface area contributed by atoms with Crippen molar-refractivity contribution in [2.45, 2.75) is 51.5 Å². The van der Waals surface area contributed by atoms with Crippen LogP contribution >= 0.6 is 0 Å². The zero-order chi connectivity index (χ0) is 10.7. The zero-order valence-electron chi connectivity index (χ0n) is 9.64. The van der Waals surface area contributed by atoms with Gasteiger partial charge in [0.05, 0.1) is 0 Å². The van der Waals surface area contributed by atoms with E-state index >= 15 is 0 Å². The van der Waals surface area contributed by atoms with E-state index < -0.39 is 0 Å². The van der Waals surface area contributed by atoms with E-state index in [1.807, 2.05) is 0 Å². The third-order valence-corrected chi connectivity index (χ3v) is 4.14. The molecule has 0 aromatic rings. The molecule has 0 aromatic heterocycles. The Morgan fingerprint density at radius 2 is 2.33 bits per heavy atom. The number of rotatable bonds is 5. The van der Waals surface area contributed by atoms with Crippen LogP contribution < -0.4 is 10.6 Å². The fourth-order valence-electron chi connectivity index (χ4n) is 2.67. The first-order chi connectivity index (χ1) is 7.24. The molecule has 1 atom stereocenters. The Hall–Kier alpha value is -0.570. The minimum atomic E-state index is 0.218. The lowest BCUT2D eigenvalue weighted by atomic mass is 9.67. The fourth-order valence-corrected chi connectivity index (χ4v) is 2.67. The number of carbonyl (C=O) groups is 1. The summed E-state index contributed by atoms with van der Waals surface area (Å²) >= 11 is 0. The third kappa shape index (κ3) is 2.51. The summed E-state index contributed by atoms with van der Waals surface area (Å²) in [6.07, 6.45) is 7.17. The molecule has 0 aromatic carbocycles. The van der Waals surface area contributed by atoms with Crippen molar-refractivity contribution in [3.63, 3.8) is 0 Å². The van der Waals surface area contributed by atoms with Crippen molar-refractivity contribution >= 4 is 5.91 Å². The van der Waals surface area contributed by atoms with Crippen LogP contribution in [0.5, 0.6) is 0 Å². The van der Waals surface area contributed by atoms with E-state index in [0.717, 1.165) is 19.5 Å². The quantitative estimate of drug-likeness (QED) is 0.721. The van der Waals surface area contributed by atoms with Crippen molar-refractivity contribution in [1.82, 2.24) is 10.6 Å². The van der Waals surface area contributed by atoms with E-state index in [9.17, 15) is 4.79 Å². The molecule has 2 N–H and O–H groups in total. The molecule has 1 saturated heterocycles. The molecule has 86 valence electrons. The Labute approximate surface area is 92.0 Å². The molecular formula is C12H22N2O. The minimum absolute atomic E-state index is 0.218. The molecule has 2 fully saturated rings. The summed E-state index contributed by atoms with van der Waals surface area (Å²) in [4.78, 5) is 11.0. The molecule has 2 aliphatic rings. The lowest BCUT2D eigenvalue weighted by Gasteiger charge is -2.41. The summed E-state index contributed by atoms with van der Waals surface area (Å²) in [5.41, 5.74) is 0.586. The molecule has 3 heteroatoms. The van der Waals surface area contributed by atoms with Gasteiger partial charge in [-0.1, -0.05) is 13.3 Å². The van der Waals surface area contributed by atoms with Crippen LogP contribution in [0.1, 0.15) is 45.4 Å². The van der Waals surface area contributed by atoms with Crippen LogP contribution in [0.4, 0.5) is 0 Å². The summed E-state index contributed by atoms with van der Waals surface area (Å²) in [6, 6.07) is 0.381. The molecular weight excluding hydrogens is 188 g/mol. The zero-order valence-corrected chi connectivity index (χ0v) is 9.64. The van der Waals surface area contributed by atoms with Gasteiger partial charge in [-0.25, -0.2) is 0 Å². The van der Waals surface area contributed by atoms with Gasteiger partial charge in [-0.3, -0.25) is 4.79 Å². The Morgan fingerprint density at radius 1 is 1.53 bits per heavy atom. The maximum absolute atomic E-state index is 11.0. The van der Waals surface area contributed by atoms with Crippen molar-refractivity contribution in [2.75, 3.05) is 13.1 Å². The molecule has 15 heavy (non-hydrogen) atoms. The average Bonchev–Trinajstić information content (AvgIpc) is 2.56. The van der Waals surface area contributed by atoms with Gasteiger partial charge in [-0.05, 0) is 31.1 Å². The maximum atomic E-state index is 11.0. The van der Waals surface area contributed by atoms with Crippen molar-refractivity contribution in [3.8, 4) is 0 Å². The van der Waals surface area contributed by atoms with Gasteiger partial charge in [0, 0.05) is 25.6 Å². The lowest BCUT2D eigenvalue weighted by molar-refractivity contribution is -0.119. The van der Waals surface area contributed by atoms with Gasteiger partial charge in [-0.15, -0.1) is 0 Å². The monoisotopic (exact) mass is 210 g/mol. The number of hydrogen-bond donors (Lipinski definition) is 2. The van der Waals surface area contributed by atoms with Crippen molar-refractivity contribution in [3.05, 3.63) is 0 Å². The van der Waals surface area contributed by atoms with Gasteiger partial charge in [0.15, 0.2) is 0 Å². The Kier molecular flexibility index (Phi) is 3.29. The topological polar surface area (TPSA) is 41.1 Å². The second kappa shape index (κ2) is 4.52. The van der Waals surface area contributed by atoms with Gasteiger partial charge in [0.1, 0.15) is 0 Å². The molecule has 3 nitrogen and oxygen atoms in total. The van der Waals surface area contributed by atoms with Crippen LogP contribution in [-0.4, -0.2) is 25.0 Å². The molecule has 0 bridgehead atoms. The van der Waals surface area contributed by atoms with Crippen LogP contribution in [0.3, 0.4) is 0 Å². The first kappa shape index (κ1) is 10.9. The Balaban J connectivity index is 1.64. The minimum Gasteiger partial charge on any atom is -0.352 e. The molecule has 1 aliphatic carbocycles. The van der Waals surface area contributed by atoms with Gasteiger partial charge < -0.3 is 10.6 Å². The highest BCUT2D eigenvalue weighted by Gasteiger charge is 2.34. The van der Waals surface area contributed by atoms with Crippen LogP contribution in [-0.2, 0) is 4.79 Å². The summed E-state index contributed by atoms with van der Waals surface area (Å²) in [5, 5.41) is 6.52. The van der Waals surface area contributed by atoms with Gasteiger partial charge >= 0.3 is 0 Å². The second-order valence-electron chi connectivity index (χ2n) is 5.14. The van der Waals surface area contributed by atoms with Crippen LogP contribution in [0.15, 0.2) is 0 Å². The van der Waals surface area contributed by atoms with E-state index in [4.69, 9.17) is 0 Å². The summed E-state index contributed by atoms with van der Waals surface area (Å²) in [5.74, 6) is 0.218. The normalized spacial score (nSPS) is 28.6. The maximum Gasteiger partial charge on any atom is 0.220 e. The lowest BCUT2D eigenvalue weighted by Crippen LogP contribution is -2.43. The Bertz CT molecular complexity index is 230. The molecule has 2 rings (SSSR count). The van der Waals surface area contributed by atoms with Crippen LogP contribution in [0.25, 0.3) is 0 Å². The molecule has 1 saturated carbocycles. The summed E-state index contributed by atoms with van der Waals surface area (Å²) < 4.78 is 0. The summed E-state index contributed by atoms with van der Waals surface area (Å²) in [7, 11) is 0. The predicted octanol–water partition coefficient (Wildman–Crippen LogP) is 1.43. The van der Waals surface area contributed by atoms with Gasteiger partial charge in [0.25, 0.3) is 0 Å².